The highest BCUT2D eigenvalue weighted by Crippen LogP contribution is 2.23. The summed E-state index contributed by atoms with van der Waals surface area (Å²) in [6, 6.07) is 5.13. The van der Waals surface area contributed by atoms with Crippen LogP contribution in [0.5, 0.6) is 5.75 Å². The molecular weight excluding hydrogens is 342 g/mol. The number of urea groups is 1. The Balaban J connectivity index is 1.86. The second-order valence-electron chi connectivity index (χ2n) is 6.37. The molecule has 1 aromatic rings. The third-order valence-corrected chi connectivity index (χ3v) is 5.79. The Hall–Kier alpha value is -1.80. The summed E-state index contributed by atoms with van der Waals surface area (Å²) in [5.74, 6) is 0.673. The summed E-state index contributed by atoms with van der Waals surface area (Å²) < 4.78 is 30.4. The van der Waals surface area contributed by atoms with Gasteiger partial charge in [0.1, 0.15) is 5.75 Å². The van der Waals surface area contributed by atoms with E-state index in [4.69, 9.17) is 4.74 Å². The number of piperidine rings is 1. The molecule has 1 unspecified atom stereocenters. The van der Waals surface area contributed by atoms with Gasteiger partial charge >= 0.3 is 6.03 Å². The van der Waals surface area contributed by atoms with E-state index < -0.39 is 10.0 Å². The second-order valence-corrected chi connectivity index (χ2v) is 8.31. The number of aryl methyl sites for hydroxylation is 1. The summed E-state index contributed by atoms with van der Waals surface area (Å²) in [5.41, 5.74) is 1.62. The summed E-state index contributed by atoms with van der Waals surface area (Å²) >= 11 is 0. The number of carbonyl (C=O) groups is 1. The van der Waals surface area contributed by atoms with Crippen LogP contribution in [0.4, 0.5) is 10.5 Å². The number of methoxy groups -OCH3 is 1. The lowest BCUT2D eigenvalue weighted by Gasteiger charge is -2.33. The Kier molecular flexibility index (Phi) is 6.66. The van der Waals surface area contributed by atoms with Crippen molar-refractivity contribution in [3.05, 3.63) is 23.8 Å². The zero-order valence-corrected chi connectivity index (χ0v) is 15.9. The fraction of sp³-hybridized carbons (Fsp3) is 0.588. The highest BCUT2D eigenvalue weighted by atomic mass is 32.2. The van der Waals surface area contributed by atoms with E-state index in [2.05, 4.69) is 10.6 Å². The van der Waals surface area contributed by atoms with Crippen LogP contribution < -0.4 is 15.4 Å². The van der Waals surface area contributed by atoms with Crippen molar-refractivity contribution < 1.29 is 17.9 Å². The van der Waals surface area contributed by atoms with Crippen molar-refractivity contribution in [2.24, 2.45) is 0 Å². The molecule has 8 heteroatoms. The number of nitrogens with one attached hydrogen (secondary N) is 2. The summed E-state index contributed by atoms with van der Waals surface area (Å²) in [6.45, 7) is 2.89. The normalized spacial score (nSPS) is 18.6. The number of ether oxygens (including phenoxy) is 1. The Morgan fingerprint density at radius 3 is 2.80 bits per heavy atom. The molecule has 7 nitrogen and oxygen atoms in total. The number of hydrogen-bond acceptors (Lipinski definition) is 4. The molecule has 0 aliphatic carbocycles. The van der Waals surface area contributed by atoms with Crippen molar-refractivity contribution in [2.45, 2.75) is 38.6 Å². The van der Waals surface area contributed by atoms with Gasteiger partial charge < -0.3 is 15.4 Å². The fourth-order valence-corrected chi connectivity index (χ4v) is 4.29. The van der Waals surface area contributed by atoms with E-state index in [1.807, 2.05) is 19.1 Å². The van der Waals surface area contributed by atoms with Gasteiger partial charge in [0.15, 0.2) is 0 Å². The number of amides is 2. The average molecular weight is 369 g/mol. The van der Waals surface area contributed by atoms with Gasteiger partial charge in [-0.2, -0.15) is 4.31 Å². The quantitative estimate of drug-likeness (QED) is 0.806. The minimum Gasteiger partial charge on any atom is -0.497 e. The summed E-state index contributed by atoms with van der Waals surface area (Å²) in [7, 11) is -1.62. The van der Waals surface area contributed by atoms with Gasteiger partial charge in [0.25, 0.3) is 0 Å². The molecule has 1 aromatic carbocycles. The number of rotatable bonds is 6. The summed E-state index contributed by atoms with van der Waals surface area (Å²) in [5, 5.41) is 5.60. The topological polar surface area (TPSA) is 87.7 Å². The lowest BCUT2D eigenvalue weighted by Crippen LogP contribution is -2.44. The molecule has 1 aliphatic rings. The lowest BCUT2D eigenvalue weighted by molar-refractivity contribution is 0.235. The molecule has 140 valence electrons. The molecule has 1 saturated heterocycles. The number of hydrogen-bond donors (Lipinski definition) is 2. The van der Waals surface area contributed by atoms with Crippen molar-refractivity contribution in [3.63, 3.8) is 0 Å². The van der Waals surface area contributed by atoms with Gasteiger partial charge in [-0.15, -0.1) is 0 Å². The molecule has 1 atom stereocenters. The Labute approximate surface area is 149 Å². The number of carbonyl (C=O) groups excluding carboxylic acids is 1. The van der Waals surface area contributed by atoms with Gasteiger partial charge in [-0.05, 0) is 37.8 Å². The third-order valence-electron chi connectivity index (χ3n) is 4.46. The van der Waals surface area contributed by atoms with E-state index in [1.165, 1.54) is 6.26 Å². The first-order valence-electron chi connectivity index (χ1n) is 8.47. The maximum Gasteiger partial charge on any atom is 0.319 e. The van der Waals surface area contributed by atoms with Crippen molar-refractivity contribution in [1.29, 1.82) is 0 Å². The van der Waals surface area contributed by atoms with E-state index in [9.17, 15) is 13.2 Å². The highest BCUT2D eigenvalue weighted by molar-refractivity contribution is 7.88. The second kappa shape index (κ2) is 8.53. The van der Waals surface area contributed by atoms with Gasteiger partial charge in [-0.3, -0.25) is 0 Å². The van der Waals surface area contributed by atoms with Crippen molar-refractivity contribution >= 4 is 21.7 Å². The van der Waals surface area contributed by atoms with Crippen molar-refractivity contribution in [2.75, 3.05) is 31.8 Å². The minimum absolute atomic E-state index is 0.0393. The van der Waals surface area contributed by atoms with Crippen LogP contribution >= 0.6 is 0 Å². The Bertz CT molecular complexity index is 706. The van der Waals surface area contributed by atoms with Crippen LogP contribution in [0, 0.1) is 6.92 Å². The van der Waals surface area contributed by atoms with Crippen LogP contribution in [-0.4, -0.2) is 51.3 Å². The molecule has 1 fully saturated rings. The van der Waals surface area contributed by atoms with Crippen LogP contribution in [0.1, 0.15) is 31.2 Å². The molecule has 1 aliphatic heterocycles. The third kappa shape index (κ3) is 5.61. The Morgan fingerprint density at radius 2 is 2.12 bits per heavy atom. The largest absolute Gasteiger partial charge is 0.497 e. The van der Waals surface area contributed by atoms with Crippen LogP contribution in [0.2, 0.25) is 0 Å². The van der Waals surface area contributed by atoms with Crippen LogP contribution in [0.25, 0.3) is 0 Å². The van der Waals surface area contributed by atoms with Gasteiger partial charge in [0.05, 0.1) is 13.4 Å². The van der Waals surface area contributed by atoms with E-state index >= 15 is 0 Å². The van der Waals surface area contributed by atoms with Gasteiger partial charge in [0, 0.05) is 30.9 Å². The van der Waals surface area contributed by atoms with Gasteiger partial charge in [-0.25, -0.2) is 13.2 Å². The molecule has 1 heterocycles. The van der Waals surface area contributed by atoms with Gasteiger partial charge in [-0.1, -0.05) is 12.5 Å². The molecule has 0 saturated carbocycles. The maximum atomic E-state index is 12.1. The molecule has 0 radical (unpaired) electrons. The number of nitrogens with zero attached hydrogens (tertiary/aromatic N) is 1. The molecule has 0 spiro atoms. The molecule has 2 amide bonds. The maximum absolute atomic E-state index is 12.1. The molecule has 2 rings (SSSR count). The van der Waals surface area contributed by atoms with E-state index in [0.29, 0.717) is 30.9 Å². The number of sulfonamides is 1. The van der Waals surface area contributed by atoms with E-state index in [1.54, 1.807) is 17.5 Å². The SMILES string of the molecule is COc1ccc(C)c(NC(=O)NCCC2CCCCN2S(C)(=O)=O)c1. The lowest BCUT2D eigenvalue weighted by atomic mass is 10.0. The fourth-order valence-electron chi connectivity index (χ4n) is 3.08. The first-order chi connectivity index (χ1) is 11.8. The first kappa shape index (κ1) is 19.5. The van der Waals surface area contributed by atoms with Crippen LogP contribution in [0.3, 0.4) is 0 Å². The molecule has 2 N–H and O–H groups in total. The summed E-state index contributed by atoms with van der Waals surface area (Å²) in [4.78, 5) is 12.1. The minimum atomic E-state index is -3.20. The van der Waals surface area contributed by atoms with Crippen molar-refractivity contribution in [3.8, 4) is 5.75 Å². The predicted molar refractivity (Wildman–Crippen MR) is 98.6 cm³/mol. The van der Waals surface area contributed by atoms with E-state index in [0.717, 1.165) is 24.8 Å². The highest BCUT2D eigenvalue weighted by Gasteiger charge is 2.28. The smallest absolute Gasteiger partial charge is 0.319 e. The zero-order valence-electron chi connectivity index (χ0n) is 15.0. The first-order valence-corrected chi connectivity index (χ1v) is 10.3. The molecular formula is C17H27N3O4S. The van der Waals surface area contributed by atoms with Crippen molar-refractivity contribution in [1.82, 2.24) is 9.62 Å². The standard InChI is InChI=1S/C17H27N3O4S/c1-13-7-8-15(24-2)12-16(13)19-17(21)18-10-9-14-6-4-5-11-20(14)25(3,22)23/h7-8,12,14H,4-6,9-11H2,1-3H3,(H2,18,19,21). The molecule has 0 bridgehead atoms. The Morgan fingerprint density at radius 1 is 1.36 bits per heavy atom. The molecule has 0 aromatic heterocycles. The molecule has 25 heavy (non-hydrogen) atoms. The zero-order chi connectivity index (χ0) is 18.4. The summed E-state index contributed by atoms with van der Waals surface area (Å²) in [6.07, 6.45) is 4.61. The number of benzene rings is 1. The average Bonchev–Trinajstić information content (AvgIpc) is 2.56. The monoisotopic (exact) mass is 369 g/mol. The number of anilines is 1. The van der Waals surface area contributed by atoms with Crippen LogP contribution in [-0.2, 0) is 10.0 Å². The van der Waals surface area contributed by atoms with Gasteiger partial charge in [0.2, 0.25) is 10.0 Å². The van der Waals surface area contributed by atoms with Crippen LogP contribution in [0.15, 0.2) is 18.2 Å². The predicted octanol–water partition coefficient (Wildman–Crippen LogP) is 2.33. The van der Waals surface area contributed by atoms with E-state index in [-0.39, 0.29) is 12.1 Å².